The smallest absolute Gasteiger partial charge is 0.267 e. The van der Waals surface area contributed by atoms with Crippen molar-refractivity contribution in [2.24, 2.45) is 5.10 Å². The van der Waals surface area contributed by atoms with E-state index >= 15 is 0 Å². The topological polar surface area (TPSA) is 32.7 Å². The summed E-state index contributed by atoms with van der Waals surface area (Å²) in [6.07, 6.45) is 4.11. The summed E-state index contributed by atoms with van der Waals surface area (Å²) in [7, 11) is 0. The first-order valence-corrected chi connectivity index (χ1v) is 9.95. The molecule has 0 bridgehead atoms. The van der Waals surface area contributed by atoms with Crippen LogP contribution in [0.3, 0.4) is 0 Å². The third kappa shape index (κ3) is 4.12. The van der Waals surface area contributed by atoms with Crippen molar-refractivity contribution in [3.05, 3.63) is 112 Å². The predicted molar refractivity (Wildman–Crippen MR) is 117 cm³/mol. The monoisotopic (exact) mass is 430 g/mol. The third-order valence-electron chi connectivity index (χ3n) is 4.69. The number of rotatable bonds is 4. The summed E-state index contributed by atoms with van der Waals surface area (Å²) in [5.74, 6) is -0.125. The van der Waals surface area contributed by atoms with Crippen molar-refractivity contribution in [2.45, 2.75) is 12.5 Å². The summed E-state index contributed by atoms with van der Waals surface area (Å²) in [4.78, 5) is 13.0. The number of hydrogen-bond acceptors (Lipinski definition) is 2. The van der Waals surface area contributed by atoms with Gasteiger partial charge >= 0.3 is 0 Å². The number of halogens is 1. The SMILES string of the molecule is O=C(/C=C/c1ccccc1)N1N=C(c2ccccc2)CC1c1cccc(Br)c1. The predicted octanol–water partition coefficient (Wildman–Crippen LogP) is 5.84. The van der Waals surface area contributed by atoms with Gasteiger partial charge in [-0.25, -0.2) is 5.01 Å². The maximum atomic E-state index is 13.0. The summed E-state index contributed by atoms with van der Waals surface area (Å²) >= 11 is 3.53. The quantitative estimate of drug-likeness (QED) is 0.478. The molecule has 3 aromatic carbocycles. The molecular formula is C24H19BrN2O. The van der Waals surface area contributed by atoms with Crippen molar-refractivity contribution in [1.82, 2.24) is 5.01 Å². The normalized spacial score (nSPS) is 16.4. The van der Waals surface area contributed by atoms with Crippen LogP contribution in [-0.2, 0) is 4.79 Å². The van der Waals surface area contributed by atoms with E-state index in [1.54, 1.807) is 11.1 Å². The van der Waals surface area contributed by atoms with E-state index in [1.807, 2.05) is 84.9 Å². The highest BCUT2D eigenvalue weighted by Gasteiger charge is 2.32. The minimum absolute atomic E-state index is 0.124. The molecule has 0 fully saturated rings. The van der Waals surface area contributed by atoms with Gasteiger partial charge in [0.25, 0.3) is 5.91 Å². The first-order chi connectivity index (χ1) is 13.7. The van der Waals surface area contributed by atoms with Crippen LogP contribution in [0.25, 0.3) is 6.08 Å². The lowest BCUT2D eigenvalue weighted by Gasteiger charge is -2.21. The Morgan fingerprint density at radius 2 is 1.68 bits per heavy atom. The Kier molecular flexibility index (Phi) is 5.49. The molecule has 1 heterocycles. The van der Waals surface area contributed by atoms with Gasteiger partial charge in [0.05, 0.1) is 11.8 Å². The summed E-state index contributed by atoms with van der Waals surface area (Å²) < 4.78 is 0.991. The lowest BCUT2D eigenvalue weighted by atomic mass is 9.98. The lowest BCUT2D eigenvalue weighted by molar-refractivity contribution is -0.127. The Bertz CT molecular complexity index is 1030. The van der Waals surface area contributed by atoms with Gasteiger partial charge in [-0.15, -0.1) is 0 Å². The van der Waals surface area contributed by atoms with Crippen LogP contribution in [0.15, 0.2) is 101 Å². The minimum atomic E-state index is -0.125. The zero-order valence-corrected chi connectivity index (χ0v) is 16.8. The van der Waals surface area contributed by atoms with Crippen LogP contribution < -0.4 is 0 Å². The Morgan fingerprint density at radius 3 is 2.39 bits per heavy atom. The van der Waals surface area contributed by atoms with Crippen molar-refractivity contribution in [2.75, 3.05) is 0 Å². The molecule has 0 spiro atoms. The van der Waals surface area contributed by atoms with E-state index in [4.69, 9.17) is 5.10 Å². The van der Waals surface area contributed by atoms with Crippen LogP contribution in [0.1, 0.15) is 29.2 Å². The van der Waals surface area contributed by atoms with Crippen molar-refractivity contribution in [3.63, 3.8) is 0 Å². The Morgan fingerprint density at radius 1 is 0.964 bits per heavy atom. The van der Waals surface area contributed by atoms with Gasteiger partial charge in [-0.2, -0.15) is 5.10 Å². The molecule has 1 amide bonds. The minimum Gasteiger partial charge on any atom is -0.268 e. The molecule has 3 aromatic rings. The second-order valence-electron chi connectivity index (χ2n) is 6.61. The highest BCUT2D eigenvalue weighted by molar-refractivity contribution is 9.10. The van der Waals surface area contributed by atoms with E-state index in [2.05, 4.69) is 22.0 Å². The van der Waals surface area contributed by atoms with Crippen LogP contribution in [0.2, 0.25) is 0 Å². The summed E-state index contributed by atoms with van der Waals surface area (Å²) in [5.41, 5.74) is 4.02. The average Bonchev–Trinajstić information content (AvgIpc) is 3.19. The number of hydrazone groups is 1. The lowest BCUT2D eigenvalue weighted by Crippen LogP contribution is -2.25. The largest absolute Gasteiger partial charge is 0.268 e. The molecule has 4 heteroatoms. The number of hydrogen-bond donors (Lipinski definition) is 0. The van der Waals surface area contributed by atoms with E-state index in [-0.39, 0.29) is 11.9 Å². The number of carbonyl (C=O) groups is 1. The number of benzene rings is 3. The fraction of sp³-hybridized carbons (Fsp3) is 0.0833. The Balaban J connectivity index is 1.65. The first-order valence-electron chi connectivity index (χ1n) is 9.15. The Hall–Kier alpha value is -2.98. The van der Waals surface area contributed by atoms with Crippen molar-refractivity contribution < 1.29 is 4.79 Å². The van der Waals surface area contributed by atoms with Gasteiger partial charge < -0.3 is 0 Å². The van der Waals surface area contributed by atoms with Crippen LogP contribution in [0.5, 0.6) is 0 Å². The number of amides is 1. The average molecular weight is 431 g/mol. The van der Waals surface area contributed by atoms with Gasteiger partial charge in [-0.3, -0.25) is 4.79 Å². The van der Waals surface area contributed by atoms with E-state index in [0.29, 0.717) is 6.42 Å². The van der Waals surface area contributed by atoms with Gasteiger partial charge in [0, 0.05) is 17.0 Å². The molecule has 0 radical (unpaired) electrons. The van der Waals surface area contributed by atoms with Crippen LogP contribution in [0.4, 0.5) is 0 Å². The molecule has 1 aliphatic heterocycles. The summed E-state index contributed by atoms with van der Waals surface area (Å²) in [5, 5.41) is 6.29. The molecule has 0 N–H and O–H groups in total. The Labute approximate surface area is 173 Å². The van der Waals surface area contributed by atoms with Gasteiger partial charge in [-0.1, -0.05) is 88.7 Å². The standard InChI is InChI=1S/C24H19BrN2O/c25-21-13-7-12-20(16-21)23-17-22(19-10-5-2-6-11-19)26-27(23)24(28)15-14-18-8-3-1-4-9-18/h1-16,23H,17H2/b15-14+. The highest BCUT2D eigenvalue weighted by Crippen LogP contribution is 2.34. The van der Waals surface area contributed by atoms with Crippen molar-refractivity contribution in [1.29, 1.82) is 0 Å². The molecule has 4 rings (SSSR count). The fourth-order valence-corrected chi connectivity index (χ4v) is 3.72. The van der Waals surface area contributed by atoms with Gasteiger partial charge in [0.2, 0.25) is 0 Å². The van der Waals surface area contributed by atoms with Crippen LogP contribution >= 0.6 is 15.9 Å². The van der Waals surface area contributed by atoms with E-state index < -0.39 is 0 Å². The van der Waals surface area contributed by atoms with Gasteiger partial charge in [0.15, 0.2) is 0 Å². The molecule has 1 atom stereocenters. The first kappa shape index (κ1) is 18.4. The molecule has 28 heavy (non-hydrogen) atoms. The maximum absolute atomic E-state index is 13.0. The third-order valence-corrected chi connectivity index (χ3v) is 5.19. The number of nitrogens with zero attached hydrogens (tertiary/aromatic N) is 2. The molecule has 0 saturated heterocycles. The second-order valence-corrected chi connectivity index (χ2v) is 7.53. The maximum Gasteiger partial charge on any atom is 0.267 e. The van der Waals surface area contributed by atoms with Gasteiger partial charge in [0.1, 0.15) is 0 Å². The summed E-state index contributed by atoms with van der Waals surface area (Å²) in [6.45, 7) is 0. The zero-order valence-electron chi connectivity index (χ0n) is 15.2. The van der Waals surface area contributed by atoms with E-state index in [0.717, 1.165) is 26.9 Å². The molecule has 1 aliphatic rings. The number of carbonyl (C=O) groups excluding carboxylic acids is 1. The van der Waals surface area contributed by atoms with E-state index in [1.165, 1.54) is 0 Å². The molecule has 3 nitrogen and oxygen atoms in total. The zero-order chi connectivity index (χ0) is 19.3. The fourth-order valence-electron chi connectivity index (χ4n) is 3.30. The molecule has 1 unspecified atom stereocenters. The summed E-state index contributed by atoms with van der Waals surface area (Å²) in [6, 6.07) is 27.8. The van der Waals surface area contributed by atoms with Crippen LogP contribution in [0, 0.1) is 0 Å². The second kappa shape index (κ2) is 8.36. The van der Waals surface area contributed by atoms with Crippen molar-refractivity contribution in [3.8, 4) is 0 Å². The molecular weight excluding hydrogens is 412 g/mol. The molecule has 0 aromatic heterocycles. The molecule has 0 aliphatic carbocycles. The van der Waals surface area contributed by atoms with Crippen molar-refractivity contribution >= 4 is 33.6 Å². The molecule has 138 valence electrons. The van der Waals surface area contributed by atoms with E-state index in [9.17, 15) is 4.79 Å². The van der Waals surface area contributed by atoms with Gasteiger partial charge in [-0.05, 0) is 34.9 Å². The highest BCUT2D eigenvalue weighted by atomic mass is 79.9. The van der Waals surface area contributed by atoms with Crippen LogP contribution in [-0.4, -0.2) is 16.6 Å². The molecule has 0 saturated carbocycles.